The highest BCUT2D eigenvalue weighted by Gasteiger charge is 2.32. The van der Waals surface area contributed by atoms with E-state index in [1.54, 1.807) is 24.7 Å². The Morgan fingerprint density at radius 2 is 1.97 bits per heavy atom. The number of aliphatic imine (C=N–C) groups is 1. The number of alkyl halides is 3. The number of imidazole rings is 1. The fourth-order valence-electron chi connectivity index (χ4n) is 2.41. The number of ether oxygens (including phenoxy) is 1. The number of anilines is 1. The molecule has 3 N–H and O–H groups in total. The second kappa shape index (κ2) is 9.58. The average Bonchev–Trinajstić information content (AvgIpc) is 3.07. The van der Waals surface area contributed by atoms with Gasteiger partial charge in [0.05, 0.1) is 12.2 Å². The van der Waals surface area contributed by atoms with Crippen molar-refractivity contribution in [2.75, 3.05) is 5.32 Å². The number of aryl methyl sites for hydroxylation is 1. The van der Waals surface area contributed by atoms with E-state index in [2.05, 4.69) is 25.0 Å². The molecule has 0 bridgehead atoms. The van der Waals surface area contributed by atoms with Gasteiger partial charge in [-0.2, -0.15) is 0 Å². The second-order valence-corrected chi connectivity index (χ2v) is 5.74. The number of rotatable bonds is 5. The predicted molar refractivity (Wildman–Crippen MR) is 114 cm³/mol. The molecular weight excluding hydrogens is 500 g/mol. The van der Waals surface area contributed by atoms with Gasteiger partial charge in [0, 0.05) is 18.6 Å². The second-order valence-electron chi connectivity index (χ2n) is 5.74. The van der Waals surface area contributed by atoms with Gasteiger partial charge < -0.3 is 15.8 Å². The third-order valence-corrected chi connectivity index (χ3v) is 3.69. The first kappa shape index (κ1) is 22.5. The maximum Gasteiger partial charge on any atom is 0.573 e. The number of guanidine groups is 1. The van der Waals surface area contributed by atoms with Crippen molar-refractivity contribution in [3.8, 4) is 11.6 Å². The molecule has 1 aromatic carbocycles. The van der Waals surface area contributed by atoms with E-state index in [0.717, 1.165) is 11.4 Å². The van der Waals surface area contributed by atoms with Crippen LogP contribution < -0.4 is 15.8 Å². The third-order valence-electron chi connectivity index (χ3n) is 3.69. The van der Waals surface area contributed by atoms with Crippen molar-refractivity contribution in [1.82, 2.24) is 14.5 Å². The highest BCUT2D eigenvalue weighted by Crippen LogP contribution is 2.29. The van der Waals surface area contributed by atoms with Gasteiger partial charge in [-0.15, -0.1) is 37.1 Å². The summed E-state index contributed by atoms with van der Waals surface area (Å²) in [5.41, 5.74) is 6.63. The molecule has 0 aliphatic rings. The van der Waals surface area contributed by atoms with Crippen LogP contribution in [0.25, 0.3) is 5.82 Å². The Hall–Kier alpha value is -2.83. The Bertz CT molecular complexity index is 972. The molecule has 7 nitrogen and oxygen atoms in total. The lowest BCUT2D eigenvalue weighted by Crippen LogP contribution is -2.24. The van der Waals surface area contributed by atoms with E-state index in [4.69, 9.17) is 5.73 Å². The van der Waals surface area contributed by atoms with Crippen molar-refractivity contribution >= 4 is 35.6 Å². The molecule has 0 saturated heterocycles. The molecule has 0 unspecified atom stereocenters. The first-order valence-corrected chi connectivity index (χ1v) is 8.19. The quantitative estimate of drug-likeness (QED) is 0.303. The smallest absolute Gasteiger partial charge is 0.404 e. The highest BCUT2D eigenvalue weighted by atomic mass is 127. The van der Waals surface area contributed by atoms with Crippen molar-refractivity contribution in [2.45, 2.75) is 19.8 Å². The van der Waals surface area contributed by atoms with Gasteiger partial charge in [0.2, 0.25) is 0 Å². The van der Waals surface area contributed by atoms with E-state index in [1.807, 2.05) is 23.6 Å². The molecule has 2 heterocycles. The molecule has 29 heavy (non-hydrogen) atoms. The van der Waals surface area contributed by atoms with Gasteiger partial charge in [0.15, 0.2) is 11.7 Å². The number of para-hydroxylation sites is 2. The Morgan fingerprint density at radius 1 is 1.21 bits per heavy atom. The predicted octanol–water partition coefficient (Wildman–Crippen LogP) is 4.02. The number of halogens is 4. The number of hydrogen-bond acceptors (Lipinski definition) is 4. The van der Waals surface area contributed by atoms with E-state index in [-0.39, 0.29) is 42.2 Å². The van der Waals surface area contributed by atoms with E-state index >= 15 is 0 Å². The number of nitrogens with zero attached hydrogens (tertiary/aromatic N) is 4. The largest absolute Gasteiger partial charge is 0.573 e. The topological polar surface area (TPSA) is 90.4 Å². The minimum Gasteiger partial charge on any atom is -0.404 e. The van der Waals surface area contributed by atoms with E-state index in [9.17, 15) is 13.2 Å². The minimum absolute atomic E-state index is 0. The van der Waals surface area contributed by atoms with Gasteiger partial charge in [0.1, 0.15) is 11.6 Å². The van der Waals surface area contributed by atoms with Crippen LogP contribution in [0, 0.1) is 6.92 Å². The van der Waals surface area contributed by atoms with Crippen LogP contribution in [-0.2, 0) is 6.54 Å². The van der Waals surface area contributed by atoms with E-state index < -0.39 is 12.1 Å². The lowest BCUT2D eigenvalue weighted by atomic mass is 10.3. The number of pyridine rings is 1. The number of aromatic nitrogens is 3. The molecule has 2 aromatic heterocycles. The maximum atomic E-state index is 12.5. The summed E-state index contributed by atoms with van der Waals surface area (Å²) in [5.74, 6) is 1.08. The fourth-order valence-corrected chi connectivity index (χ4v) is 2.41. The zero-order chi connectivity index (χ0) is 20.1. The average molecular weight is 518 g/mol. The molecule has 0 aliphatic heterocycles. The summed E-state index contributed by atoms with van der Waals surface area (Å²) >= 11 is 0. The van der Waals surface area contributed by atoms with Crippen LogP contribution in [0.3, 0.4) is 0 Å². The van der Waals surface area contributed by atoms with Crippen LogP contribution in [0.15, 0.2) is 60.0 Å². The zero-order valence-corrected chi connectivity index (χ0v) is 17.6. The van der Waals surface area contributed by atoms with Crippen LogP contribution in [-0.4, -0.2) is 26.9 Å². The minimum atomic E-state index is -4.80. The Balaban J connectivity index is 0.00000300. The van der Waals surface area contributed by atoms with Crippen molar-refractivity contribution in [1.29, 1.82) is 0 Å². The number of hydrogen-bond donors (Lipinski definition) is 2. The number of nitrogens with two attached hydrogens (primary N) is 1. The van der Waals surface area contributed by atoms with Crippen LogP contribution in [0.2, 0.25) is 0 Å². The molecule has 0 amide bonds. The monoisotopic (exact) mass is 518 g/mol. The molecule has 154 valence electrons. The molecule has 0 radical (unpaired) electrons. The summed E-state index contributed by atoms with van der Waals surface area (Å²) < 4.78 is 43.2. The van der Waals surface area contributed by atoms with Crippen LogP contribution >= 0.6 is 24.0 Å². The molecular formula is C18H18F3IN6O. The SMILES string of the molecule is Cc1nccn1-c1ccc(CN=C(N)Nc2ccccc2OC(F)(F)F)cn1.I. The van der Waals surface area contributed by atoms with Crippen LogP contribution in [0.1, 0.15) is 11.4 Å². The van der Waals surface area contributed by atoms with Gasteiger partial charge in [-0.05, 0) is 30.7 Å². The van der Waals surface area contributed by atoms with Crippen LogP contribution in [0.4, 0.5) is 18.9 Å². The van der Waals surface area contributed by atoms with Gasteiger partial charge in [-0.25, -0.2) is 15.0 Å². The maximum absolute atomic E-state index is 12.5. The molecule has 3 aromatic rings. The summed E-state index contributed by atoms with van der Waals surface area (Å²) in [7, 11) is 0. The third kappa shape index (κ3) is 6.34. The van der Waals surface area contributed by atoms with Crippen molar-refractivity contribution in [2.24, 2.45) is 10.7 Å². The molecule has 0 saturated carbocycles. The molecule has 0 fully saturated rings. The van der Waals surface area contributed by atoms with E-state index in [1.165, 1.54) is 18.2 Å². The van der Waals surface area contributed by atoms with Crippen molar-refractivity contribution in [3.63, 3.8) is 0 Å². The van der Waals surface area contributed by atoms with Crippen LogP contribution in [0.5, 0.6) is 5.75 Å². The number of nitrogens with one attached hydrogen (secondary N) is 1. The van der Waals surface area contributed by atoms with Gasteiger partial charge in [0.25, 0.3) is 0 Å². The van der Waals surface area contributed by atoms with Gasteiger partial charge >= 0.3 is 6.36 Å². The summed E-state index contributed by atoms with van der Waals surface area (Å²) in [6.07, 6.45) is 0.330. The summed E-state index contributed by atoms with van der Waals surface area (Å²) in [6.45, 7) is 2.07. The van der Waals surface area contributed by atoms with Crippen molar-refractivity contribution in [3.05, 3.63) is 66.4 Å². The summed E-state index contributed by atoms with van der Waals surface area (Å²) in [6, 6.07) is 9.22. The first-order valence-electron chi connectivity index (χ1n) is 8.19. The molecule has 0 atom stereocenters. The van der Waals surface area contributed by atoms with Crippen molar-refractivity contribution < 1.29 is 17.9 Å². The van der Waals surface area contributed by atoms with Gasteiger partial charge in [-0.1, -0.05) is 18.2 Å². The normalized spacial score (nSPS) is 11.7. The molecule has 0 spiro atoms. The zero-order valence-electron chi connectivity index (χ0n) is 15.2. The first-order chi connectivity index (χ1) is 13.3. The fraction of sp³-hybridized carbons (Fsp3) is 0.167. The number of benzene rings is 1. The highest BCUT2D eigenvalue weighted by molar-refractivity contribution is 14.0. The van der Waals surface area contributed by atoms with E-state index in [0.29, 0.717) is 5.82 Å². The standard InChI is InChI=1S/C18H17F3N6O.HI/c1-12-23-8-9-27(12)16-7-6-13(10-24-16)11-25-17(22)26-14-4-2-3-5-15(14)28-18(19,20)21;/h2-10H,11H2,1H3,(H3,22,25,26);1H. The Morgan fingerprint density at radius 3 is 2.59 bits per heavy atom. The van der Waals surface area contributed by atoms with Gasteiger partial charge in [-0.3, -0.25) is 4.57 Å². The lowest BCUT2D eigenvalue weighted by molar-refractivity contribution is -0.274. The Labute approximate surface area is 181 Å². The molecule has 0 aliphatic carbocycles. The lowest BCUT2D eigenvalue weighted by Gasteiger charge is -2.14. The Kier molecular flexibility index (Phi) is 7.42. The molecule has 11 heteroatoms. The summed E-state index contributed by atoms with van der Waals surface area (Å²) in [5, 5.41) is 2.61. The molecule has 3 rings (SSSR count). The summed E-state index contributed by atoms with van der Waals surface area (Å²) in [4.78, 5) is 12.6.